The number of rotatable bonds is 5. The quantitative estimate of drug-likeness (QED) is 0.673. The Hall–Kier alpha value is -2.04. The number of aromatic amines is 1. The highest BCUT2D eigenvalue weighted by Crippen LogP contribution is 2.40. The molecule has 4 rings (SSSR count). The zero-order chi connectivity index (χ0) is 22.3. The number of hydrogen-bond donors (Lipinski definition) is 1. The summed E-state index contributed by atoms with van der Waals surface area (Å²) in [7, 11) is -2.15. The first-order chi connectivity index (χ1) is 14.7. The number of pyridine rings is 1. The van der Waals surface area contributed by atoms with E-state index < -0.39 is 21.1 Å². The lowest BCUT2D eigenvalue weighted by molar-refractivity contribution is -0.148. The molecule has 2 atom stereocenters. The van der Waals surface area contributed by atoms with Gasteiger partial charge in [0.15, 0.2) is 11.0 Å². The van der Waals surface area contributed by atoms with Crippen LogP contribution in [0, 0.1) is 17.7 Å². The van der Waals surface area contributed by atoms with Crippen LogP contribution in [-0.2, 0) is 19.6 Å². The predicted octanol–water partition coefficient (Wildman–Crippen LogP) is 2.97. The van der Waals surface area contributed by atoms with Crippen molar-refractivity contribution in [3.8, 4) is 11.5 Å². The molecule has 1 N–H and O–H groups in total. The molecule has 2 aromatic rings. The number of nitrogens with zero attached hydrogens (tertiary/aromatic N) is 3. The van der Waals surface area contributed by atoms with Gasteiger partial charge in [0.1, 0.15) is 11.5 Å². The lowest BCUT2D eigenvalue weighted by Gasteiger charge is -2.41. The fourth-order valence-corrected chi connectivity index (χ4v) is 6.84. The molecule has 0 bridgehead atoms. The molecular formula is C20H24ClFN4O4S. The second kappa shape index (κ2) is 8.48. The first-order valence-corrected chi connectivity index (χ1v) is 12.0. The van der Waals surface area contributed by atoms with Crippen LogP contribution in [0.2, 0.25) is 5.15 Å². The predicted molar refractivity (Wildman–Crippen MR) is 112 cm³/mol. The summed E-state index contributed by atoms with van der Waals surface area (Å²) in [5.41, 5.74) is 1.22. The standard InChI is InChI=1S/C20H24ClFN4O4S/c1-11-10-26(31(28,29)14-7-12(8-14)20(27)30-2)6-5-15(11)17-18(21)25-19(24-17)16-4-3-13(22)9-23-16/h3-4,9,11-12,14-15H,5-8,10H2,1-2H3,(H,24,25)/t11-,12?,14?,15+/m0/s1. The van der Waals surface area contributed by atoms with Gasteiger partial charge in [-0.15, -0.1) is 0 Å². The second-order valence-corrected chi connectivity index (χ2v) is 10.8. The molecule has 2 aliphatic rings. The minimum atomic E-state index is -3.47. The molecule has 8 nitrogen and oxygen atoms in total. The van der Waals surface area contributed by atoms with E-state index in [1.54, 1.807) is 0 Å². The first-order valence-electron chi connectivity index (χ1n) is 10.1. The number of carbonyl (C=O) groups is 1. The van der Waals surface area contributed by atoms with E-state index in [-0.39, 0.29) is 23.7 Å². The number of halogens is 2. The summed E-state index contributed by atoms with van der Waals surface area (Å²) in [6.45, 7) is 2.72. The Kier molecular flexibility index (Phi) is 6.06. The smallest absolute Gasteiger partial charge is 0.308 e. The fourth-order valence-electron chi connectivity index (χ4n) is 4.39. The number of piperidine rings is 1. The van der Waals surface area contributed by atoms with Gasteiger partial charge in [0.25, 0.3) is 0 Å². The van der Waals surface area contributed by atoms with Crippen molar-refractivity contribution < 1.29 is 22.3 Å². The maximum absolute atomic E-state index is 13.1. The summed E-state index contributed by atoms with van der Waals surface area (Å²) in [6.07, 6.45) is 2.32. The molecule has 2 fully saturated rings. The summed E-state index contributed by atoms with van der Waals surface area (Å²) in [4.78, 5) is 23.1. The first kappa shape index (κ1) is 22.2. The van der Waals surface area contributed by atoms with Gasteiger partial charge in [-0.25, -0.2) is 27.1 Å². The summed E-state index contributed by atoms with van der Waals surface area (Å²) >= 11 is 6.37. The van der Waals surface area contributed by atoms with Crippen LogP contribution in [0.5, 0.6) is 0 Å². The van der Waals surface area contributed by atoms with Gasteiger partial charge in [-0.2, -0.15) is 0 Å². The third-order valence-electron chi connectivity index (χ3n) is 6.30. The van der Waals surface area contributed by atoms with Gasteiger partial charge in [-0.1, -0.05) is 18.5 Å². The Morgan fingerprint density at radius 1 is 1.35 bits per heavy atom. The molecule has 0 amide bonds. The van der Waals surface area contributed by atoms with Crippen LogP contribution < -0.4 is 0 Å². The van der Waals surface area contributed by atoms with Crippen LogP contribution in [0.15, 0.2) is 18.3 Å². The zero-order valence-electron chi connectivity index (χ0n) is 17.2. The molecule has 168 valence electrons. The highest BCUT2D eigenvalue weighted by atomic mass is 35.5. The number of methoxy groups -OCH3 is 1. The van der Waals surface area contributed by atoms with Crippen LogP contribution in [0.25, 0.3) is 11.5 Å². The zero-order valence-corrected chi connectivity index (χ0v) is 18.8. The normalized spacial score (nSPS) is 27.0. The van der Waals surface area contributed by atoms with Crippen molar-refractivity contribution >= 4 is 27.6 Å². The van der Waals surface area contributed by atoms with Gasteiger partial charge >= 0.3 is 5.97 Å². The molecular weight excluding hydrogens is 447 g/mol. The van der Waals surface area contributed by atoms with Crippen molar-refractivity contribution in [3.05, 3.63) is 35.0 Å². The lowest BCUT2D eigenvalue weighted by atomic mass is 9.85. The summed E-state index contributed by atoms with van der Waals surface area (Å²) in [6, 6.07) is 2.82. The largest absolute Gasteiger partial charge is 0.469 e. The average Bonchev–Trinajstić information content (AvgIpc) is 3.08. The van der Waals surface area contributed by atoms with Crippen molar-refractivity contribution in [3.63, 3.8) is 0 Å². The monoisotopic (exact) mass is 470 g/mol. The molecule has 31 heavy (non-hydrogen) atoms. The fraction of sp³-hybridized carbons (Fsp3) is 0.550. The molecule has 1 saturated carbocycles. The summed E-state index contributed by atoms with van der Waals surface area (Å²) in [5.74, 6) is -0.656. The SMILES string of the molecule is COC(=O)C1CC(S(=O)(=O)N2CC[C@@H](c3[nH]c(-c4ccc(F)cn4)nc3Cl)[C@@H](C)C2)C1. The molecule has 0 spiro atoms. The minimum absolute atomic E-state index is 0.00450. The van der Waals surface area contributed by atoms with Crippen LogP contribution in [-0.4, -0.2) is 59.1 Å². The number of sulfonamides is 1. The average molecular weight is 471 g/mol. The van der Waals surface area contributed by atoms with Gasteiger partial charge in [0.2, 0.25) is 10.0 Å². The molecule has 0 aromatic carbocycles. The third-order valence-corrected chi connectivity index (χ3v) is 8.87. The molecule has 11 heteroatoms. The molecule has 3 heterocycles. The third kappa shape index (κ3) is 4.20. The lowest BCUT2D eigenvalue weighted by Crippen LogP contribution is -2.51. The van der Waals surface area contributed by atoms with Crippen LogP contribution in [0.4, 0.5) is 4.39 Å². The number of ether oxygens (including phenoxy) is 1. The maximum atomic E-state index is 13.1. The van der Waals surface area contributed by atoms with E-state index >= 15 is 0 Å². The number of nitrogens with one attached hydrogen (secondary N) is 1. The Labute approximate surface area is 185 Å². The molecule has 1 aliphatic carbocycles. The number of esters is 1. The molecule has 0 radical (unpaired) electrons. The van der Waals surface area contributed by atoms with Gasteiger partial charge in [0, 0.05) is 19.0 Å². The molecule has 1 saturated heterocycles. The Balaban J connectivity index is 1.44. The topological polar surface area (TPSA) is 105 Å². The Morgan fingerprint density at radius 3 is 2.71 bits per heavy atom. The second-order valence-electron chi connectivity index (χ2n) is 8.24. The van der Waals surface area contributed by atoms with Gasteiger partial charge < -0.3 is 9.72 Å². The van der Waals surface area contributed by atoms with Crippen LogP contribution in [0.1, 0.15) is 37.8 Å². The highest BCUT2D eigenvalue weighted by molar-refractivity contribution is 7.89. The van der Waals surface area contributed by atoms with Crippen molar-refractivity contribution in [2.75, 3.05) is 20.2 Å². The molecule has 1 aliphatic heterocycles. The van der Waals surface area contributed by atoms with E-state index in [9.17, 15) is 17.6 Å². The summed E-state index contributed by atoms with van der Waals surface area (Å²) < 4.78 is 45.3. The van der Waals surface area contributed by atoms with E-state index in [1.165, 1.54) is 23.5 Å². The molecule has 2 aromatic heterocycles. The number of carbonyl (C=O) groups excluding carboxylic acids is 1. The highest BCUT2D eigenvalue weighted by Gasteiger charge is 2.47. The number of hydrogen-bond acceptors (Lipinski definition) is 6. The van der Waals surface area contributed by atoms with Crippen molar-refractivity contribution in [2.45, 2.75) is 37.4 Å². The van der Waals surface area contributed by atoms with Gasteiger partial charge in [0.05, 0.1) is 30.2 Å². The number of H-pyrrole nitrogens is 1. The summed E-state index contributed by atoms with van der Waals surface area (Å²) in [5, 5.41) is -0.221. The van der Waals surface area contributed by atoms with Crippen LogP contribution >= 0.6 is 11.6 Å². The van der Waals surface area contributed by atoms with Crippen molar-refractivity contribution in [1.82, 2.24) is 19.3 Å². The number of imidazole rings is 1. The number of aromatic nitrogens is 3. The Morgan fingerprint density at radius 2 is 2.10 bits per heavy atom. The van der Waals surface area contributed by atoms with E-state index in [2.05, 4.69) is 15.0 Å². The van der Waals surface area contributed by atoms with Gasteiger partial charge in [-0.05, 0) is 37.3 Å². The molecule has 0 unspecified atom stereocenters. The van der Waals surface area contributed by atoms with E-state index in [4.69, 9.17) is 16.3 Å². The minimum Gasteiger partial charge on any atom is -0.469 e. The van der Waals surface area contributed by atoms with Crippen molar-refractivity contribution in [2.24, 2.45) is 11.8 Å². The van der Waals surface area contributed by atoms with E-state index in [1.807, 2.05) is 6.92 Å². The Bertz CT molecular complexity index is 1070. The van der Waals surface area contributed by atoms with E-state index in [0.29, 0.717) is 49.0 Å². The van der Waals surface area contributed by atoms with Crippen molar-refractivity contribution in [1.29, 1.82) is 0 Å². The van der Waals surface area contributed by atoms with Crippen LogP contribution in [0.3, 0.4) is 0 Å². The van der Waals surface area contributed by atoms with Gasteiger partial charge in [-0.3, -0.25) is 4.79 Å². The van der Waals surface area contributed by atoms with E-state index in [0.717, 1.165) is 11.9 Å². The maximum Gasteiger partial charge on any atom is 0.308 e.